The summed E-state index contributed by atoms with van der Waals surface area (Å²) in [5.74, 6) is -0.224. The molecule has 0 spiro atoms. The highest BCUT2D eigenvalue weighted by molar-refractivity contribution is 7.90. The van der Waals surface area contributed by atoms with Crippen LogP contribution in [0.2, 0.25) is 0 Å². The summed E-state index contributed by atoms with van der Waals surface area (Å²) in [5.41, 5.74) is 1.37. The van der Waals surface area contributed by atoms with E-state index in [1.54, 1.807) is 6.07 Å². The second-order valence-corrected chi connectivity index (χ2v) is 6.81. The number of anilines is 2. The van der Waals surface area contributed by atoms with Crippen LogP contribution < -0.4 is 24.8 Å². The molecule has 0 fully saturated rings. The van der Waals surface area contributed by atoms with Crippen molar-refractivity contribution in [2.24, 2.45) is 0 Å². The van der Waals surface area contributed by atoms with Gasteiger partial charge >= 0.3 is 18.1 Å². The van der Waals surface area contributed by atoms with Gasteiger partial charge in [0.15, 0.2) is 0 Å². The minimum Gasteiger partial charge on any atom is -0.467 e. The molecule has 2 heterocycles. The first-order chi connectivity index (χ1) is 12.4. The van der Waals surface area contributed by atoms with Crippen LogP contribution in [0.5, 0.6) is 12.0 Å². The smallest absolute Gasteiger partial charge is 0.335 e. The van der Waals surface area contributed by atoms with E-state index in [1.807, 2.05) is 10.8 Å². The van der Waals surface area contributed by atoms with Crippen molar-refractivity contribution < 1.29 is 22.7 Å². The Bertz CT molecular complexity index is 927. The molecule has 0 saturated heterocycles. The monoisotopic (exact) mass is 380 g/mol. The first-order valence-corrected chi connectivity index (χ1v) is 8.95. The molecule has 138 valence electrons. The van der Waals surface area contributed by atoms with E-state index in [2.05, 4.69) is 25.6 Å². The van der Waals surface area contributed by atoms with Gasteiger partial charge in [0.1, 0.15) is 4.90 Å². The highest BCUT2D eigenvalue weighted by Gasteiger charge is 2.25. The van der Waals surface area contributed by atoms with Gasteiger partial charge in [-0.2, -0.15) is 9.97 Å². The van der Waals surface area contributed by atoms with Gasteiger partial charge in [-0.25, -0.2) is 17.9 Å². The lowest BCUT2D eigenvalue weighted by Crippen LogP contribution is -2.35. The van der Waals surface area contributed by atoms with Crippen LogP contribution in [-0.2, 0) is 16.4 Å². The number of ether oxygens (including phenoxy) is 2. The molecule has 26 heavy (non-hydrogen) atoms. The van der Waals surface area contributed by atoms with Crippen molar-refractivity contribution in [1.29, 1.82) is 0 Å². The maximum atomic E-state index is 12.5. The molecule has 0 unspecified atom stereocenters. The standard InChI is InChI=1S/C14H16N6O5S/c1-24-13-17-11(18-14(19-13)25-2)16-12(21)20-26(22,23)9-5-3-4-8-6-7-15-10(8)9/h3-5,15H,6-7H2,1-2H3,(H2,16,17,18,19,20,21). The number of nitrogens with zero attached hydrogens (tertiary/aromatic N) is 3. The zero-order valence-corrected chi connectivity index (χ0v) is 14.8. The van der Waals surface area contributed by atoms with Crippen LogP contribution >= 0.6 is 0 Å². The van der Waals surface area contributed by atoms with Crippen molar-refractivity contribution in [3.8, 4) is 12.0 Å². The molecule has 0 radical (unpaired) electrons. The lowest BCUT2D eigenvalue weighted by atomic mass is 10.2. The summed E-state index contributed by atoms with van der Waals surface area (Å²) in [7, 11) is -1.44. The number of hydrogen-bond donors (Lipinski definition) is 3. The highest BCUT2D eigenvalue weighted by atomic mass is 32.2. The molecule has 12 heteroatoms. The summed E-state index contributed by atoms with van der Waals surface area (Å²) in [5, 5.41) is 5.22. The van der Waals surface area contributed by atoms with E-state index in [9.17, 15) is 13.2 Å². The van der Waals surface area contributed by atoms with Crippen LogP contribution in [0, 0.1) is 0 Å². The van der Waals surface area contributed by atoms with Gasteiger partial charge in [0.25, 0.3) is 10.0 Å². The fourth-order valence-electron chi connectivity index (χ4n) is 2.41. The maximum absolute atomic E-state index is 12.5. The third-order valence-electron chi connectivity index (χ3n) is 3.51. The Morgan fingerprint density at radius 1 is 1.15 bits per heavy atom. The number of methoxy groups -OCH3 is 2. The van der Waals surface area contributed by atoms with Crippen LogP contribution in [0.3, 0.4) is 0 Å². The first-order valence-electron chi connectivity index (χ1n) is 7.46. The lowest BCUT2D eigenvalue weighted by molar-refractivity contribution is 0.256. The molecule has 3 rings (SSSR count). The molecule has 2 amide bonds. The Morgan fingerprint density at radius 3 is 2.50 bits per heavy atom. The Labute approximate surface area is 149 Å². The van der Waals surface area contributed by atoms with Crippen molar-refractivity contribution in [3.05, 3.63) is 23.8 Å². The largest absolute Gasteiger partial charge is 0.467 e. The number of sulfonamides is 1. The first kappa shape index (κ1) is 17.7. The minimum absolute atomic E-state index is 0.00606. The molecular weight excluding hydrogens is 364 g/mol. The Balaban J connectivity index is 1.79. The lowest BCUT2D eigenvalue weighted by Gasteiger charge is -2.11. The van der Waals surface area contributed by atoms with Gasteiger partial charge in [-0.05, 0) is 18.1 Å². The molecule has 1 aliphatic heterocycles. The number of urea groups is 1. The van der Waals surface area contributed by atoms with Crippen molar-refractivity contribution in [2.75, 3.05) is 31.4 Å². The number of hydrogen-bond acceptors (Lipinski definition) is 9. The Hall–Kier alpha value is -3.15. The van der Waals surface area contributed by atoms with Crippen molar-refractivity contribution in [2.45, 2.75) is 11.3 Å². The summed E-state index contributed by atoms with van der Waals surface area (Å²) in [6.07, 6.45) is 0.718. The van der Waals surface area contributed by atoms with Crippen LogP contribution in [-0.4, -0.2) is 50.2 Å². The summed E-state index contributed by atoms with van der Waals surface area (Å²) in [4.78, 5) is 23.5. The van der Waals surface area contributed by atoms with Gasteiger partial charge < -0.3 is 14.8 Å². The summed E-state index contributed by atoms with van der Waals surface area (Å²) >= 11 is 0. The summed E-state index contributed by atoms with van der Waals surface area (Å²) < 4.78 is 36.7. The molecule has 2 aromatic rings. The molecule has 1 aliphatic rings. The van der Waals surface area contributed by atoms with E-state index in [-0.39, 0.29) is 22.9 Å². The third-order valence-corrected chi connectivity index (χ3v) is 4.88. The minimum atomic E-state index is -4.09. The predicted molar refractivity (Wildman–Crippen MR) is 90.9 cm³/mol. The Kier molecular flexibility index (Phi) is 4.75. The number of aromatic nitrogens is 3. The number of rotatable bonds is 5. The number of benzene rings is 1. The van der Waals surface area contributed by atoms with Gasteiger partial charge in [-0.15, -0.1) is 4.98 Å². The molecule has 0 bridgehead atoms. The molecule has 0 atom stereocenters. The van der Waals surface area contributed by atoms with E-state index in [0.717, 1.165) is 12.0 Å². The summed E-state index contributed by atoms with van der Waals surface area (Å²) in [6, 6.07) is 3.65. The van der Waals surface area contributed by atoms with Crippen molar-refractivity contribution in [3.63, 3.8) is 0 Å². The predicted octanol–water partition coefficient (Wildman–Crippen LogP) is 0.367. The molecule has 3 N–H and O–H groups in total. The van der Waals surface area contributed by atoms with E-state index in [4.69, 9.17) is 9.47 Å². The normalized spacial score (nSPS) is 12.7. The van der Waals surface area contributed by atoms with Crippen LogP contribution in [0.15, 0.2) is 23.1 Å². The van der Waals surface area contributed by atoms with E-state index in [1.165, 1.54) is 20.3 Å². The second kappa shape index (κ2) is 7.00. The van der Waals surface area contributed by atoms with E-state index in [0.29, 0.717) is 12.2 Å². The van der Waals surface area contributed by atoms with Gasteiger partial charge in [0.2, 0.25) is 5.95 Å². The fraction of sp³-hybridized carbons (Fsp3) is 0.286. The number of fused-ring (bicyclic) bond motifs is 1. The number of carbonyl (C=O) groups excluding carboxylic acids is 1. The fourth-order valence-corrected chi connectivity index (χ4v) is 3.55. The van der Waals surface area contributed by atoms with Crippen molar-refractivity contribution in [1.82, 2.24) is 19.7 Å². The zero-order chi connectivity index (χ0) is 18.7. The molecule has 0 aliphatic carbocycles. The van der Waals surface area contributed by atoms with Gasteiger partial charge in [-0.3, -0.25) is 5.32 Å². The molecule has 11 nitrogen and oxygen atoms in total. The number of nitrogens with one attached hydrogen (secondary N) is 3. The number of amides is 2. The summed E-state index contributed by atoms with van der Waals surface area (Å²) in [6.45, 7) is 0.637. The van der Waals surface area contributed by atoms with Crippen LogP contribution in [0.25, 0.3) is 0 Å². The van der Waals surface area contributed by atoms with Crippen LogP contribution in [0.1, 0.15) is 5.56 Å². The topological polar surface area (TPSA) is 144 Å². The zero-order valence-electron chi connectivity index (χ0n) is 13.9. The molecular formula is C14H16N6O5S. The van der Waals surface area contributed by atoms with Gasteiger partial charge in [0.05, 0.1) is 19.9 Å². The number of para-hydroxylation sites is 1. The van der Waals surface area contributed by atoms with E-state index < -0.39 is 16.1 Å². The second-order valence-electron chi connectivity index (χ2n) is 5.16. The molecule has 1 aromatic heterocycles. The van der Waals surface area contributed by atoms with Crippen molar-refractivity contribution >= 4 is 27.7 Å². The quantitative estimate of drug-likeness (QED) is 0.669. The molecule has 1 aromatic carbocycles. The SMILES string of the molecule is COc1nc(NC(=O)NS(=O)(=O)c2cccc3c2NCC3)nc(OC)n1. The van der Waals surface area contributed by atoms with Gasteiger partial charge in [0, 0.05) is 6.54 Å². The average Bonchev–Trinajstić information content (AvgIpc) is 3.09. The highest BCUT2D eigenvalue weighted by Crippen LogP contribution is 2.29. The average molecular weight is 380 g/mol. The third kappa shape index (κ3) is 3.59. The molecule has 0 saturated carbocycles. The Morgan fingerprint density at radius 2 is 1.85 bits per heavy atom. The van der Waals surface area contributed by atoms with Gasteiger partial charge in [-0.1, -0.05) is 12.1 Å². The maximum Gasteiger partial charge on any atom is 0.335 e. The van der Waals surface area contributed by atoms with Crippen LogP contribution in [0.4, 0.5) is 16.4 Å². The van der Waals surface area contributed by atoms with E-state index >= 15 is 0 Å². The number of carbonyl (C=O) groups is 1.